The van der Waals surface area contributed by atoms with E-state index in [2.05, 4.69) is 24.7 Å². The molecule has 0 spiro atoms. The van der Waals surface area contributed by atoms with E-state index >= 15 is 0 Å². The lowest BCUT2D eigenvalue weighted by atomic mass is 10.3. The van der Waals surface area contributed by atoms with Gasteiger partial charge in [0.2, 0.25) is 0 Å². The Morgan fingerprint density at radius 3 is 2.40 bits per heavy atom. The summed E-state index contributed by atoms with van der Waals surface area (Å²) >= 11 is 0. The zero-order valence-electron chi connectivity index (χ0n) is 7.06. The quantitative estimate of drug-likeness (QED) is 0.524. The van der Waals surface area contributed by atoms with Gasteiger partial charge in [-0.15, -0.1) is 12.3 Å². The lowest BCUT2D eigenvalue weighted by Gasteiger charge is -2.17. The van der Waals surface area contributed by atoms with E-state index in [0.717, 1.165) is 19.5 Å². The molecular formula is C9H17N. The van der Waals surface area contributed by atoms with Crippen molar-refractivity contribution in [2.24, 2.45) is 0 Å². The second-order valence-electron chi connectivity index (χ2n) is 2.39. The first-order valence-electron chi connectivity index (χ1n) is 4.01. The summed E-state index contributed by atoms with van der Waals surface area (Å²) in [5, 5.41) is 0. The fourth-order valence-corrected chi connectivity index (χ4v) is 0.967. The van der Waals surface area contributed by atoms with E-state index in [1.54, 1.807) is 0 Å². The van der Waals surface area contributed by atoms with Crippen LogP contribution in [0.2, 0.25) is 0 Å². The molecule has 1 heteroatoms. The molecule has 58 valence electrons. The summed E-state index contributed by atoms with van der Waals surface area (Å²) < 4.78 is 0. The summed E-state index contributed by atoms with van der Waals surface area (Å²) in [6.07, 6.45) is 7.25. The Hall–Kier alpha value is -0.480. The largest absolute Gasteiger partial charge is 0.303 e. The Morgan fingerprint density at radius 2 is 2.00 bits per heavy atom. The molecule has 0 bridgehead atoms. The Morgan fingerprint density at radius 1 is 1.30 bits per heavy atom. The molecule has 0 aliphatic carbocycles. The highest BCUT2D eigenvalue weighted by atomic mass is 15.1. The van der Waals surface area contributed by atoms with Crippen molar-refractivity contribution in [3.05, 3.63) is 0 Å². The smallest absolute Gasteiger partial charge is 0.0214 e. The number of hydrogen-bond donors (Lipinski definition) is 0. The third kappa shape index (κ3) is 4.40. The van der Waals surface area contributed by atoms with Gasteiger partial charge in [-0.25, -0.2) is 0 Å². The summed E-state index contributed by atoms with van der Waals surface area (Å²) in [7, 11) is 0. The van der Waals surface area contributed by atoms with Crippen LogP contribution in [0.25, 0.3) is 0 Å². The molecule has 0 saturated heterocycles. The fourth-order valence-electron chi connectivity index (χ4n) is 0.967. The van der Waals surface area contributed by atoms with Crippen molar-refractivity contribution in [2.75, 3.05) is 19.6 Å². The Balaban J connectivity index is 3.32. The third-order valence-electron chi connectivity index (χ3n) is 1.56. The minimum absolute atomic E-state index is 0.883. The molecule has 0 N–H and O–H groups in total. The zero-order chi connectivity index (χ0) is 7.82. The molecule has 0 aliphatic rings. The van der Waals surface area contributed by atoms with Gasteiger partial charge in [-0.1, -0.05) is 13.8 Å². The molecular weight excluding hydrogens is 122 g/mol. The van der Waals surface area contributed by atoms with E-state index in [1.807, 2.05) is 0 Å². The zero-order valence-corrected chi connectivity index (χ0v) is 7.06. The molecule has 0 saturated carbocycles. The summed E-state index contributed by atoms with van der Waals surface area (Å²) in [6, 6.07) is 0. The van der Waals surface area contributed by atoms with Crippen LogP contribution in [0.1, 0.15) is 26.7 Å². The van der Waals surface area contributed by atoms with E-state index in [9.17, 15) is 0 Å². The van der Waals surface area contributed by atoms with Crippen molar-refractivity contribution in [2.45, 2.75) is 26.7 Å². The van der Waals surface area contributed by atoms with Gasteiger partial charge in [0, 0.05) is 13.0 Å². The van der Waals surface area contributed by atoms with Gasteiger partial charge in [-0.05, 0) is 19.5 Å². The minimum Gasteiger partial charge on any atom is -0.303 e. The molecule has 10 heavy (non-hydrogen) atoms. The molecule has 1 nitrogen and oxygen atoms in total. The van der Waals surface area contributed by atoms with Crippen LogP contribution < -0.4 is 0 Å². The Labute approximate surface area is 64.4 Å². The van der Waals surface area contributed by atoms with E-state index in [-0.39, 0.29) is 0 Å². The Bertz CT molecular complexity index is 102. The number of terminal acetylenes is 1. The van der Waals surface area contributed by atoms with Crippen LogP contribution in [0.5, 0.6) is 0 Å². The van der Waals surface area contributed by atoms with Crippen LogP contribution >= 0.6 is 0 Å². The minimum atomic E-state index is 0.883. The van der Waals surface area contributed by atoms with E-state index < -0.39 is 0 Å². The highest BCUT2D eigenvalue weighted by Gasteiger charge is 1.96. The van der Waals surface area contributed by atoms with E-state index in [0.29, 0.717) is 0 Å². The van der Waals surface area contributed by atoms with Gasteiger partial charge in [-0.3, -0.25) is 0 Å². The molecule has 0 unspecified atom stereocenters. The van der Waals surface area contributed by atoms with Crippen molar-refractivity contribution < 1.29 is 0 Å². The van der Waals surface area contributed by atoms with Crippen LogP contribution in [0, 0.1) is 12.3 Å². The first-order chi connectivity index (χ1) is 4.85. The van der Waals surface area contributed by atoms with Gasteiger partial charge < -0.3 is 4.90 Å². The molecule has 0 fully saturated rings. The highest BCUT2D eigenvalue weighted by Crippen LogP contribution is 1.91. The maximum atomic E-state index is 5.15. The summed E-state index contributed by atoms with van der Waals surface area (Å²) in [6.45, 7) is 7.72. The van der Waals surface area contributed by atoms with Crippen LogP contribution in [-0.2, 0) is 0 Å². The second-order valence-corrected chi connectivity index (χ2v) is 2.39. The van der Waals surface area contributed by atoms with Crippen LogP contribution in [-0.4, -0.2) is 24.5 Å². The lowest BCUT2D eigenvalue weighted by molar-refractivity contribution is 0.296. The normalized spacial score (nSPS) is 9.80. The van der Waals surface area contributed by atoms with Gasteiger partial charge in [0.15, 0.2) is 0 Å². The molecule has 0 atom stereocenters. The number of rotatable bonds is 5. The van der Waals surface area contributed by atoms with Crippen molar-refractivity contribution in [3.8, 4) is 12.3 Å². The molecule has 0 heterocycles. The molecule has 0 amide bonds. The third-order valence-corrected chi connectivity index (χ3v) is 1.56. The van der Waals surface area contributed by atoms with Crippen LogP contribution in [0.15, 0.2) is 0 Å². The molecule has 0 aromatic heterocycles. The van der Waals surface area contributed by atoms with Crippen molar-refractivity contribution >= 4 is 0 Å². The second kappa shape index (κ2) is 6.64. The number of nitrogens with zero attached hydrogens (tertiary/aromatic N) is 1. The highest BCUT2D eigenvalue weighted by molar-refractivity contribution is 4.84. The molecule has 0 rings (SSSR count). The van der Waals surface area contributed by atoms with Crippen molar-refractivity contribution in [1.29, 1.82) is 0 Å². The molecule has 0 radical (unpaired) electrons. The van der Waals surface area contributed by atoms with Crippen LogP contribution in [0.3, 0.4) is 0 Å². The Kier molecular flexibility index (Phi) is 6.32. The summed E-state index contributed by atoms with van der Waals surface area (Å²) in [4.78, 5) is 2.37. The maximum absolute atomic E-state index is 5.15. The lowest BCUT2D eigenvalue weighted by Crippen LogP contribution is -2.24. The van der Waals surface area contributed by atoms with Gasteiger partial charge in [-0.2, -0.15) is 0 Å². The van der Waals surface area contributed by atoms with Crippen molar-refractivity contribution in [1.82, 2.24) is 4.90 Å². The monoisotopic (exact) mass is 139 g/mol. The fraction of sp³-hybridized carbons (Fsp3) is 0.778. The number of hydrogen-bond acceptors (Lipinski definition) is 1. The first kappa shape index (κ1) is 9.52. The predicted octanol–water partition coefficient (Wildman–Crippen LogP) is 1.74. The van der Waals surface area contributed by atoms with Gasteiger partial charge in [0.1, 0.15) is 0 Å². The average molecular weight is 139 g/mol. The summed E-state index contributed by atoms with van der Waals surface area (Å²) in [5.74, 6) is 2.65. The first-order valence-corrected chi connectivity index (χ1v) is 4.01. The van der Waals surface area contributed by atoms with Crippen molar-refractivity contribution in [3.63, 3.8) is 0 Å². The molecule has 0 aliphatic heterocycles. The van der Waals surface area contributed by atoms with E-state index in [4.69, 9.17) is 6.42 Å². The topological polar surface area (TPSA) is 3.24 Å². The molecule has 0 aromatic rings. The average Bonchev–Trinajstić information content (AvgIpc) is 1.98. The predicted molar refractivity (Wildman–Crippen MR) is 45.9 cm³/mol. The van der Waals surface area contributed by atoms with Gasteiger partial charge in [0.05, 0.1) is 0 Å². The summed E-state index contributed by atoms with van der Waals surface area (Å²) in [5.41, 5.74) is 0. The standard InChI is InChI=1S/C9H17N/c1-4-7-9-10(6-3)8-5-2/h1H,5-9H2,2-3H3. The van der Waals surface area contributed by atoms with Crippen LogP contribution in [0.4, 0.5) is 0 Å². The van der Waals surface area contributed by atoms with Gasteiger partial charge in [0.25, 0.3) is 0 Å². The SMILES string of the molecule is C#CCCN(CC)CCC. The van der Waals surface area contributed by atoms with E-state index in [1.165, 1.54) is 13.0 Å². The maximum Gasteiger partial charge on any atom is 0.0214 e. The van der Waals surface area contributed by atoms with Gasteiger partial charge >= 0.3 is 0 Å². The molecule has 0 aromatic carbocycles.